The molecule has 6 heteroatoms. The van der Waals surface area contributed by atoms with Crippen molar-refractivity contribution in [3.63, 3.8) is 0 Å². The second kappa shape index (κ2) is 6.50. The van der Waals surface area contributed by atoms with Gasteiger partial charge in [-0.25, -0.2) is 13.1 Å². The zero-order chi connectivity index (χ0) is 15.6. The van der Waals surface area contributed by atoms with E-state index in [1.807, 2.05) is 6.07 Å². The van der Waals surface area contributed by atoms with E-state index in [1.54, 1.807) is 11.3 Å². The Morgan fingerprint density at radius 1 is 1.27 bits per heavy atom. The summed E-state index contributed by atoms with van der Waals surface area (Å²) in [6.45, 7) is 2.61. The van der Waals surface area contributed by atoms with Crippen LogP contribution in [0.3, 0.4) is 0 Å². The van der Waals surface area contributed by atoms with Crippen molar-refractivity contribution < 1.29 is 8.42 Å². The van der Waals surface area contributed by atoms with Crippen LogP contribution in [0.5, 0.6) is 0 Å². The number of thiophene rings is 1. The van der Waals surface area contributed by atoms with Crippen molar-refractivity contribution in [2.24, 2.45) is 0 Å². The third-order valence-electron chi connectivity index (χ3n) is 3.79. The normalized spacial score (nSPS) is 19.6. The van der Waals surface area contributed by atoms with Gasteiger partial charge in [-0.3, -0.25) is 4.90 Å². The first kappa shape index (κ1) is 15.7. The average molecular weight is 336 g/mol. The van der Waals surface area contributed by atoms with Gasteiger partial charge < -0.3 is 0 Å². The van der Waals surface area contributed by atoms with Crippen molar-refractivity contribution in [3.05, 3.63) is 46.7 Å². The highest BCUT2D eigenvalue weighted by Gasteiger charge is 2.24. The zero-order valence-electron chi connectivity index (χ0n) is 12.5. The van der Waals surface area contributed by atoms with Crippen molar-refractivity contribution in [1.82, 2.24) is 9.62 Å². The number of rotatable bonds is 5. The Labute approximate surface area is 135 Å². The summed E-state index contributed by atoms with van der Waals surface area (Å²) < 4.78 is 25.3. The quantitative estimate of drug-likeness (QED) is 0.913. The lowest BCUT2D eigenvalue weighted by molar-refractivity contribution is 0.327. The highest BCUT2D eigenvalue weighted by molar-refractivity contribution is 7.88. The van der Waals surface area contributed by atoms with Crippen LogP contribution < -0.4 is 4.72 Å². The van der Waals surface area contributed by atoms with Gasteiger partial charge in [0.2, 0.25) is 10.0 Å². The summed E-state index contributed by atoms with van der Waals surface area (Å²) in [6, 6.07) is 12.6. The van der Waals surface area contributed by atoms with Gasteiger partial charge in [0.05, 0.1) is 6.26 Å². The third-order valence-corrected chi connectivity index (χ3v) is 5.48. The van der Waals surface area contributed by atoms with Crippen molar-refractivity contribution >= 4 is 21.4 Å². The maximum Gasteiger partial charge on any atom is 0.208 e. The molecule has 1 aliphatic rings. The predicted molar refractivity (Wildman–Crippen MR) is 91.4 cm³/mol. The van der Waals surface area contributed by atoms with Crippen LogP contribution in [0.4, 0.5) is 0 Å². The smallest absolute Gasteiger partial charge is 0.208 e. The number of nitrogens with one attached hydrogen (secondary N) is 1. The van der Waals surface area contributed by atoms with Crippen LogP contribution in [0.2, 0.25) is 0 Å². The molecule has 1 unspecified atom stereocenters. The maximum absolute atomic E-state index is 11.3. The van der Waals surface area contributed by atoms with Crippen LogP contribution >= 0.6 is 11.3 Å². The van der Waals surface area contributed by atoms with Gasteiger partial charge in [0.25, 0.3) is 0 Å². The summed E-state index contributed by atoms with van der Waals surface area (Å²) >= 11 is 1.77. The van der Waals surface area contributed by atoms with Crippen molar-refractivity contribution in [2.75, 3.05) is 19.3 Å². The lowest BCUT2D eigenvalue weighted by Gasteiger charge is -2.15. The summed E-state index contributed by atoms with van der Waals surface area (Å²) in [5.41, 5.74) is 2.49. The third kappa shape index (κ3) is 4.16. The van der Waals surface area contributed by atoms with Crippen LogP contribution in [0.25, 0.3) is 11.1 Å². The number of nitrogens with zero attached hydrogens (tertiary/aromatic N) is 1. The highest BCUT2D eigenvalue weighted by Crippen LogP contribution is 2.27. The summed E-state index contributed by atoms with van der Waals surface area (Å²) in [5, 5.41) is 2.19. The topological polar surface area (TPSA) is 49.4 Å². The fraction of sp³-hybridized carbons (Fsp3) is 0.375. The van der Waals surface area contributed by atoms with E-state index < -0.39 is 10.0 Å². The monoisotopic (exact) mass is 336 g/mol. The van der Waals surface area contributed by atoms with Gasteiger partial charge >= 0.3 is 0 Å². The number of likely N-dealkylation sites (tertiary alicyclic amines) is 1. The molecular weight excluding hydrogens is 316 g/mol. The van der Waals surface area contributed by atoms with E-state index in [1.165, 1.54) is 22.3 Å². The van der Waals surface area contributed by atoms with Crippen LogP contribution in [0, 0.1) is 0 Å². The molecule has 0 radical (unpaired) electrons. The second-order valence-corrected chi connectivity index (χ2v) is 8.55. The SMILES string of the molecule is CS(=O)(=O)NC1CCN(Cc2cc(-c3ccccc3)cs2)C1. The molecule has 1 atom stereocenters. The first-order valence-corrected chi connectivity index (χ1v) is 10.1. The Morgan fingerprint density at radius 3 is 2.77 bits per heavy atom. The molecule has 1 aromatic carbocycles. The Kier molecular flexibility index (Phi) is 4.63. The van der Waals surface area contributed by atoms with Crippen molar-refractivity contribution in [3.8, 4) is 11.1 Å². The van der Waals surface area contributed by atoms with Gasteiger partial charge in [-0.1, -0.05) is 30.3 Å². The predicted octanol–water partition coefficient (Wildman–Crippen LogP) is 2.54. The first-order valence-electron chi connectivity index (χ1n) is 7.32. The van der Waals surface area contributed by atoms with Gasteiger partial charge in [0.15, 0.2) is 0 Å². The molecule has 1 aliphatic heterocycles. The molecule has 0 saturated carbocycles. The van der Waals surface area contributed by atoms with Crippen LogP contribution in [-0.4, -0.2) is 38.7 Å². The van der Waals surface area contributed by atoms with Gasteiger partial charge in [-0.05, 0) is 29.0 Å². The Bertz CT molecular complexity index is 726. The van der Waals surface area contributed by atoms with E-state index in [-0.39, 0.29) is 6.04 Å². The standard InChI is InChI=1S/C16H20N2O2S2/c1-22(19,20)17-15-7-8-18(10-15)11-16-9-14(12-21-16)13-5-3-2-4-6-13/h2-6,9,12,15,17H,7-8,10-11H2,1H3. The van der Waals surface area contributed by atoms with E-state index >= 15 is 0 Å². The molecule has 4 nitrogen and oxygen atoms in total. The van der Waals surface area contributed by atoms with Crippen molar-refractivity contribution in [1.29, 1.82) is 0 Å². The van der Waals surface area contributed by atoms with E-state index in [9.17, 15) is 8.42 Å². The molecule has 22 heavy (non-hydrogen) atoms. The number of hydrogen-bond acceptors (Lipinski definition) is 4. The minimum absolute atomic E-state index is 0.0450. The molecule has 2 aromatic rings. The van der Waals surface area contributed by atoms with Gasteiger partial charge in [-0.15, -0.1) is 11.3 Å². The van der Waals surface area contributed by atoms with Gasteiger partial charge in [0, 0.05) is 30.6 Å². The molecule has 0 amide bonds. The van der Waals surface area contributed by atoms with E-state index in [0.29, 0.717) is 0 Å². The lowest BCUT2D eigenvalue weighted by atomic mass is 10.1. The largest absolute Gasteiger partial charge is 0.297 e. The molecule has 118 valence electrons. The fourth-order valence-electron chi connectivity index (χ4n) is 2.84. The number of hydrogen-bond donors (Lipinski definition) is 1. The minimum atomic E-state index is -3.11. The number of sulfonamides is 1. The van der Waals surface area contributed by atoms with Crippen LogP contribution in [0.1, 0.15) is 11.3 Å². The molecule has 3 rings (SSSR count). The Morgan fingerprint density at radius 2 is 2.05 bits per heavy atom. The first-order chi connectivity index (χ1) is 10.5. The van der Waals surface area contributed by atoms with Gasteiger partial charge in [0.1, 0.15) is 0 Å². The molecule has 1 N–H and O–H groups in total. The average Bonchev–Trinajstić information content (AvgIpc) is 3.08. The lowest BCUT2D eigenvalue weighted by Crippen LogP contribution is -2.36. The molecule has 1 saturated heterocycles. The zero-order valence-corrected chi connectivity index (χ0v) is 14.2. The second-order valence-electron chi connectivity index (χ2n) is 5.78. The molecule has 0 aliphatic carbocycles. The molecule has 0 spiro atoms. The summed E-state index contributed by atoms with van der Waals surface area (Å²) in [5.74, 6) is 0. The Balaban J connectivity index is 1.60. The maximum atomic E-state index is 11.3. The minimum Gasteiger partial charge on any atom is -0.297 e. The summed E-state index contributed by atoms with van der Waals surface area (Å²) in [4.78, 5) is 3.63. The molecule has 1 aromatic heterocycles. The highest BCUT2D eigenvalue weighted by atomic mass is 32.2. The Hall–Kier alpha value is -1.21. The van der Waals surface area contributed by atoms with Gasteiger partial charge in [-0.2, -0.15) is 0 Å². The van der Waals surface area contributed by atoms with Crippen LogP contribution in [0.15, 0.2) is 41.8 Å². The number of benzene rings is 1. The van der Waals surface area contributed by atoms with Crippen LogP contribution in [-0.2, 0) is 16.6 Å². The molecule has 0 bridgehead atoms. The van der Waals surface area contributed by atoms with E-state index in [4.69, 9.17) is 0 Å². The molecular formula is C16H20N2O2S2. The summed E-state index contributed by atoms with van der Waals surface area (Å²) in [6.07, 6.45) is 2.10. The van der Waals surface area contributed by atoms with Crippen molar-refractivity contribution in [2.45, 2.75) is 19.0 Å². The molecule has 1 fully saturated rings. The van der Waals surface area contributed by atoms with E-state index in [0.717, 1.165) is 26.1 Å². The fourth-order valence-corrected chi connectivity index (χ4v) is 4.57. The van der Waals surface area contributed by atoms with E-state index in [2.05, 4.69) is 45.3 Å². The molecule has 2 heterocycles. The summed E-state index contributed by atoms with van der Waals surface area (Å²) in [7, 11) is -3.11.